The van der Waals surface area contributed by atoms with Crippen LogP contribution in [0.3, 0.4) is 0 Å². The molecule has 0 spiro atoms. The number of phenols is 1. The minimum Gasteiger partial charge on any atom is -0.508 e. The number of carbonyl (C=O) groups excluding carboxylic acids is 2. The predicted molar refractivity (Wildman–Crippen MR) is 98.6 cm³/mol. The van der Waals surface area contributed by atoms with E-state index in [9.17, 15) is 14.7 Å². The second-order valence-corrected chi connectivity index (χ2v) is 5.84. The average Bonchev–Trinajstić information content (AvgIpc) is 2.67. The number of ether oxygens (including phenoxy) is 1. The molecule has 26 heavy (non-hydrogen) atoms. The Bertz CT molecular complexity index is 916. The summed E-state index contributed by atoms with van der Waals surface area (Å²) in [6, 6.07) is 22.2. The fraction of sp³-hybridized carbons (Fsp3) is 0.0909. The Balaban J connectivity index is 1.72. The average molecular weight is 346 g/mol. The van der Waals surface area contributed by atoms with Crippen LogP contribution in [0.2, 0.25) is 0 Å². The molecule has 0 aliphatic rings. The third-order valence-electron chi connectivity index (χ3n) is 3.95. The lowest BCUT2D eigenvalue weighted by molar-refractivity contribution is 0.0732. The van der Waals surface area contributed by atoms with E-state index in [-0.39, 0.29) is 23.7 Å². The van der Waals surface area contributed by atoms with E-state index in [0.29, 0.717) is 17.5 Å². The lowest BCUT2D eigenvalue weighted by Gasteiger charge is -2.09. The minimum atomic E-state index is -0.501. The van der Waals surface area contributed by atoms with Crippen LogP contribution < -0.4 is 4.74 Å². The number of para-hydroxylation sites is 1. The Labute approximate surface area is 151 Å². The van der Waals surface area contributed by atoms with Gasteiger partial charge in [-0.1, -0.05) is 42.5 Å². The second kappa shape index (κ2) is 8.12. The molecule has 4 heteroatoms. The summed E-state index contributed by atoms with van der Waals surface area (Å²) in [5, 5.41) is 9.50. The van der Waals surface area contributed by atoms with Crippen molar-refractivity contribution < 1.29 is 19.4 Å². The number of aromatic hydroxyl groups is 1. The van der Waals surface area contributed by atoms with Crippen LogP contribution in [0.1, 0.15) is 32.7 Å². The van der Waals surface area contributed by atoms with Crippen molar-refractivity contribution in [1.29, 1.82) is 0 Å². The largest absolute Gasteiger partial charge is 0.508 e. The van der Waals surface area contributed by atoms with Gasteiger partial charge in [0.25, 0.3) is 0 Å². The molecule has 0 aliphatic heterocycles. The number of hydrogen-bond donors (Lipinski definition) is 1. The lowest BCUT2D eigenvalue weighted by atomic mass is 10.0. The van der Waals surface area contributed by atoms with Gasteiger partial charge in [0.2, 0.25) is 0 Å². The lowest BCUT2D eigenvalue weighted by Crippen LogP contribution is -2.12. The highest BCUT2D eigenvalue weighted by Gasteiger charge is 2.16. The van der Waals surface area contributed by atoms with Gasteiger partial charge in [-0.15, -0.1) is 0 Å². The number of hydrogen-bond acceptors (Lipinski definition) is 4. The van der Waals surface area contributed by atoms with Crippen LogP contribution in [-0.4, -0.2) is 16.9 Å². The number of rotatable bonds is 6. The maximum absolute atomic E-state index is 12.6. The summed E-state index contributed by atoms with van der Waals surface area (Å²) in [4.78, 5) is 24.8. The second-order valence-electron chi connectivity index (χ2n) is 5.84. The van der Waals surface area contributed by atoms with Crippen molar-refractivity contribution in [1.82, 2.24) is 0 Å². The monoisotopic (exact) mass is 346 g/mol. The summed E-state index contributed by atoms with van der Waals surface area (Å²) in [7, 11) is 0. The molecule has 0 aliphatic carbocycles. The molecule has 130 valence electrons. The Morgan fingerprint density at radius 3 is 2.35 bits per heavy atom. The molecule has 3 aromatic carbocycles. The zero-order chi connectivity index (χ0) is 18.4. The maximum atomic E-state index is 12.6. The van der Waals surface area contributed by atoms with Crippen LogP contribution in [0, 0.1) is 0 Å². The van der Waals surface area contributed by atoms with Gasteiger partial charge in [0.15, 0.2) is 5.78 Å². The smallest absolute Gasteiger partial charge is 0.343 e. The van der Waals surface area contributed by atoms with E-state index in [1.165, 1.54) is 0 Å². The third kappa shape index (κ3) is 4.36. The molecular weight excluding hydrogens is 328 g/mol. The van der Waals surface area contributed by atoms with Crippen LogP contribution in [0.15, 0.2) is 78.9 Å². The molecule has 0 atom stereocenters. The Hall–Kier alpha value is -3.40. The Kier molecular flexibility index (Phi) is 5.44. The molecule has 3 rings (SSSR count). The van der Waals surface area contributed by atoms with E-state index in [0.717, 1.165) is 5.56 Å². The van der Waals surface area contributed by atoms with Gasteiger partial charge in [-0.05, 0) is 48.4 Å². The number of carbonyl (C=O) groups is 2. The first-order chi connectivity index (χ1) is 12.6. The molecule has 0 amide bonds. The number of benzene rings is 3. The minimum absolute atomic E-state index is 0.121. The van der Waals surface area contributed by atoms with E-state index in [2.05, 4.69) is 0 Å². The van der Waals surface area contributed by atoms with Gasteiger partial charge < -0.3 is 9.84 Å². The van der Waals surface area contributed by atoms with Crippen LogP contribution >= 0.6 is 0 Å². The van der Waals surface area contributed by atoms with Crippen molar-refractivity contribution in [3.63, 3.8) is 0 Å². The molecule has 0 radical (unpaired) electrons. The van der Waals surface area contributed by atoms with Crippen LogP contribution in [-0.2, 0) is 6.42 Å². The molecule has 0 saturated heterocycles. The molecular formula is C22H18O4. The van der Waals surface area contributed by atoms with E-state index < -0.39 is 5.97 Å². The normalized spacial score (nSPS) is 10.3. The van der Waals surface area contributed by atoms with Crippen LogP contribution in [0.5, 0.6) is 11.5 Å². The van der Waals surface area contributed by atoms with Crippen molar-refractivity contribution in [2.45, 2.75) is 12.8 Å². The molecule has 0 unspecified atom stereocenters. The molecule has 0 fully saturated rings. The molecule has 0 heterocycles. The van der Waals surface area contributed by atoms with Crippen molar-refractivity contribution >= 4 is 11.8 Å². The van der Waals surface area contributed by atoms with Gasteiger partial charge in [-0.3, -0.25) is 4.79 Å². The first-order valence-electron chi connectivity index (χ1n) is 8.31. The van der Waals surface area contributed by atoms with Crippen LogP contribution in [0.25, 0.3) is 0 Å². The van der Waals surface area contributed by atoms with Crippen molar-refractivity contribution in [3.8, 4) is 11.5 Å². The number of Topliss-reactive ketones (excluding diaryl/α,β-unsaturated/α-hetero) is 1. The zero-order valence-electron chi connectivity index (χ0n) is 14.1. The fourth-order valence-electron chi connectivity index (χ4n) is 2.62. The van der Waals surface area contributed by atoms with Crippen LogP contribution in [0.4, 0.5) is 0 Å². The van der Waals surface area contributed by atoms with E-state index in [4.69, 9.17) is 4.74 Å². The standard InChI is InChI=1S/C22H18O4/c23-18-10-6-7-16(15-18)13-14-20(24)19-11-4-5-12-21(19)26-22(25)17-8-2-1-3-9-17/h1-12,15,23H,13-14H2. The summed E-state index contributed by atoms with van der Waals surface area (Å²) in [5.74, 6) is -0.196. The highest BCUT2D eigenvalue weighted by molar-refractivity contribution is 6.00. The quantitative estimate of drug-likeness (QED) is 0.407. The highest BCUT2D eigenvalue weighted by Crippen LogP contribution is 2.22. The van der Waals surface area contributed by atoms with Crippen molar-refractivity contribution in [2.75, 3.05) is 0 Å². The van der Waals surface area contributed by atoms with Crippen molar-refractivity contribution in [2.24, 2.45) is 0 Å². The number of esters is 1. The number of phenolic OH excluding ortho intramolecular Hbond substituents is 1. The molecule has 3 aromatic rings. The van der Waals surface area contributed by atoms with Gasteiger partial charge in [0, 0.05) is 6.42 Å². The highest BCUT2D eigenvalue weighted by atomic mass is 16.5. The SMILES string of the molecule is O=C(Oc1ccccc1C(=O)CCc1cccc(O)c1)c1ccccc1. The molecule has 0 saturated carbocycles. The van der Waals surface area contributed by atoms with Gasteiger partial charge in [0.1, 0.15) is 11.5 Å². The van der Waals surface area contributed by atoms with E-state index >= 15 is 0 Å². The topological polar surface area (TPSA) is 63.6 Å². The maximum Gasteiger partial charge on any atom is 0.343 e. The van der Waals surface area contributed by atoms with E-state index in [1.807, 2.05) is 12.1 Å². The first kappa shape index (κ1) is 17.4. The fourth-order valence-corrected chi connectivity index (χ4v) is 2.62. The summed E-state index contributed by atoms with van der Waals surface area (Å²) in [6.07, 6.45) is 0.748. The number of ketones is 1. The van der Waals surface area contributed by atoms with Gasteiger partial charge in [-0.2, -0.15) is 0 Å². The summed E-state index contributed by atoms with van der Waals surface area (Å²) < 4.78 is 5.42. The summed E-state index contributed by atoms with van der Waals surface area (Å²) in [5.41, 5.74) is 1.67. The molecule has 4 nitrogen and oxygen atoms in total. The van der Waals surface area contributed by atoms with Gasteiger partial charge >= 0.3 is 5.97 Å². The molecule has 1 N–H and O–H groups in total. The Morgan fingerprint density at radius 1 is 0.846 bits per heavy atom. The molecule has 0 bridgehead atoms. The van der Waals surface area contributed by atoms with Gasteiger partial charge in [-0.25, -0.2) is 4.79 Å². The third-order valence-corrected chi connectivity index (χ3v) is 3.95. The zero-order valence-corrected chi connectivity index (χ0v) is 14.1. The summed E-state index contributed by atoms with van der Waals surface area (Å²) in [6.45, 7) is 0. The summed E-state index contributed by atoms with van der Waals surface area (Å²) >= 11 is 0. The van der Waals surface area contributed by atoms with Gasteiger partial charge in [0.05, 0.1) is 11.1 Å². The Morgan fingerprint density at radius 2 is 1.58 bits per heavy atom. The number of aryl methyl sites for hydroxylation is 1. The molecule has 0 aromatic heterocycles. The van der Waals surface area contributed by atoms with E-state index in [1.54, 1.807) is 66.7 Å². The van der Waals surface area contributed by atoms with Crippen molar-refractivity contribution in [3.05, 3.63) is 95.6 Å². The first-order valence-corrected chi connectivity index (χ1v) is 8.31. The predicted octanol–water partition coefficient (Wildman–Crippen LogP) is 4.43.